The quantitative estimate of drug-likeness (QED) is 0.555. The van der Waals surface area contributed by atoms with Crippen LogP contribution in [0.4, 0.5) is 0 Å². The molecule has 2 aromatic rings. The summed E-state index contributed by atoms with van der Waals surface area (Å²) >= 11 is 5.89. The summed E-state index contributed by atoms with van der Waals surface area (Å²) in [5, 5.41) is 3.48. The van der Waals surface area contributed by atoms with Crippen molar-refractivity contribution in [3.63, 3.8) is 0 Å². The van der Waals surface area contributed by atoms with Crippen LogP contribution in [0.3, 0.4) is 0 Å². The number of sulfonamides is 1. The summed E-state index contributed by atoms with van der Waals surface area (Å²) in [4.78, 5) is 12.7. The molecule has 8 heteroatoms. The summed E-state index contributed by atoms with van der Waals surface area (Å²) in [5.41, 5.74) is 1.76. The van der Waals surface area contributed by atoms with Gasteiger partial charge in [-0.05, 0) is 47.6 Å². The third-order valence-corrected chi connectivity index (χ3v) is 7.83. The van der Waals surface area contributed by atoms with Gasteiger partial charge in [-0.3, -0.25) is 4.79 Å². The van der Waals surface area contributed by atoms with Crippen LogP contribution in [-0.2, 0) is 26.0 Å². The molecule has 0 bridgehead atoms. The molecule has 0 aromatic heterocycles. The minimum absolute atomic E-state index is 0.0388. The van der Waals surface area contributed by atoms with Gasteiger partial charge in [0.1, 0.15) is 12.4 Å². The monoisotopic (exact) mass is 492 g/mol. The van der Waals surface area contributed by atoms with Gasteiger partial charge in [-0.2, -0.15) is 0 Å². The SMILES string of the molecule is CC(C)(C)c1ccccc1OCCNC(=O)C1CCCN(S(=O)(=O)Cc2ccc(Cl)cc2)C1. The normalized spacial score (nSPS) is 17.5. The summed E-state index contributed by atoms with van der Waals surface area (Å²) in [7, 11) is -3.51. The topological polar surface area (TPSA) is 75.7 Å². The molecular weight excluding hydrogens is 460 g/mol. The number of hydrogen-bond acceptors (Lipinski definition) is 4. The molecule has 180 valence electrons. The highest BCUT2D eigenvalue weighted by atomic mass is 35.5. The van der Waals surface area contributed by atoms with E-state index in [1.165, 1.54) is 4.31 Å². The zero-order valence-electron chi connectivity index (χ0n) is 19.5. The van der Waals surface area contributed by atoms with Gasteiger partial charge in [0.15, 0.2) is 0 Å². The first-order valence-electron chi connectivity index (χ1n) is 11.3. The number of amides is 1. The molecule has 3 rings (SSSR count). The first-order chi connectivity index (χ1) is 15.6. The van der Waals surface area contributed by atoms with Crippen molar-refractivity contribution in [2.24, 2.45) is 5.92 Å². The smallest absolute Gasteiger partial charge is 0.224 e. The van der Waals surface area contributed by atoms with Crippen LogP contribution in [0.25, 0.3) is 0 Å². The Bertz CT molecular complexity index is 1050. The third-order valence-electron chi connectivity index (χ3n) is 5.76. The molecular formula is C25H33ClN2O4S. The third kappa shape index (κ3) is 7.19. The van der Waals surface area contributed by atoms with Crippen molar-refractivity contribution in [3.8, 4) is 5.75 Å². The maximum Gasteiger partial charge on any atom is 0.224 e. The second-order valence-corrected chi connectivity index (χ2v) is 11.9. The fourth-order valence-corrected chi connectivity index (χ4v) is 5.72. The Balaban J connectivity index is 1.50. The summed E-state index contributed by atoms with van der Waals surface area (Å²) in [5.74, 6) is 0.227. The molecule has 0 spiro atoms. The fraction of sp³-hybridized carbons (Fsp3) is 0.480. The van der Waals surface area contributed by atoms with E-state index < -0.39 is 10.0 Å². The van der Waals surface area contributed by atoms with Crippen LogP contribution in [-0.4, -0.2) is 44.9 Å². The standard InChI is InChI=1S/C25H33ClN2O4S/c1-25(2,3)22-8-4-5-9-23(22)32-16-14-27-24(29)20-7-6-15-28(17-20)33(30,31)18-19-10-12-21(26)13-11-19/h4-5,8-13,20H,6-7,14-18H2,1-3H3,(H,27,29). The van der Waals surface area contributed by atoms with E-state index in [0.717, 1.165) is 11.3 Å². The highest BCUT2D eigenvalue weighted by Gasteiger charge is 2.32. The Hall–Kier alpha value is -2.09. The van der Waals surface area contributed by atoms with Gasteiger partial charge in [-0.25, -0.2) is 12.7 Å². The molecule has 1 unspecified atom stereocenters. The second kappa shape index (κ2) is 10.9. The summed E-state index contributed by atoms with van der Waals surface area (Å²) in [6, 6.07) is 14.7. The van der Waals surface area contributed by atoms with Crippen LogP contribution in [0.15, 0.2) is 48.5 Å². The summed E-state index contributed by atoms with van der Waals surface area (Å²) in [6.45, 7) is 7.75. The molecule has 1 heterocycles. The van der Waals surface area contributed by atoms with Gasteiger partial charge in [-0.15, -0.1) is 0 Å². The van der Waals surface area contributed by atoms with Gasteiger partial charge in [0.25, 0.3) is 0 Å². The van der Waals surface area contributed by atoms with Crippen molar-refractivity contribution >= 4 is 27.5 Å². The van der Waals surface area contributed by atoms with Gasteiger partial charge in [0, 0.05) is 18.1 Å². The summed E-state index contributed by atoms with van der Waals surface area (Å²) in [6.07, 6.45) is 1.33. The first kappa shape index (κ1) is 25.5. The molecule has 0 radical (unpaired) electrons. The van der Waals surface area contributed by atoms with Crippen molar-refractivity contribution in [3.05, 3.63) is 64.7 Å². The molecule has 1 aliphatic rings. The van der Waals surface area contributed by atoms with Crippen LogP contribution in [0.5, 0.6) is 5.75 Å². The number of nitrogens with one attached hydrogen (secondary N) is 1. The largest absolute Gasteiger partial charge is 0.491 e. The fourth-order valence-electron chi connectivity index (χ4n) is 3.98. The van der Waals surface area contributed by atoms with Gasteiger partial charge in [-0.1, -0.05) is 62.7 Å². The van der Waals surface area contributed by atoms with E-state index >= 15 is 0 Å². The minimum Gasteiger partial charge on any atom is -0.491 e. The zero-order chi connectivity index (χ0) is 24.1. The molecule has 1 N–H and O–H groups in total. The number of nitrogens with zero attached hydrogens (tertiary/aromatic N) is 1. The molecule has 0 saturated carbocycles. The molecule has 1 atom stereocenters. The second-order valence-electron chi connectivity index (χ2n) is 9.47. The number of hydrogen-bond donors (Lipinski definition) is 1. The van der Waals surface area contributed by atoms with Gasteiger partial charge in [0.05, 0.1) is 18.2 Å². The van der Waals surface area contributed by atoms with Crippen molar-refractivity contribution in [1.82, 2.24) is 9.62 Å². The number of ether oxygens (including phenoxy) is 1. The number of rotatable bonds is 8. The lowest BCUT2D eigenvalue weighted by Gasteiger charge is -2.31. The van der Waals surface area contributed by atoms with Gasteiger partial charge < -0.3 is 10.1 Å². The lowest BCUT2D eigenvalue weighted by Crippen LogP contribution is -2.46. The van der Waals surface area contributed by atoms with Crippen LogP contribution in [0.1, 0.15) is 44.7 Å². The predicted octanol–water partition coefficient (Wildman–Crippen LogP) is 4.37. The van der Waals surface area contributed by atoms with Crippen LogP contribution in [0, 0.1) is 5.92 Å². The maximum absolute atomic E-state index is 12.9. The van der Waals surface area contributed by atoms with E-state index in [1.807, 2.05) is 18.2 Å². The number of benzene rings is 2. The van der Waals surface area contributed by atoms with E-state index in [1.54, 1.807) is 24.3 Å². The highest BCUT2D eigenvalue weighted by molar-refractivity contribution is 7.88. The Morgan fingerprint density at radius 1 is 1.15 bits per heavy atom. The molecule has 1 fully saturated rings. The Morgan fingerprint density at radius 2 is 1.85 bits per heavy atom. The number of para-hydroxylation sites is 1. The van der Waals surface area contributed by atoms with Crippen molar-refractivity contribution in [2.45, 2.75) is 44.8 Å². The average Bonchev–Trinajstić information content (AvgIpc) is 2.78. The van der Waals surface area contributed by atoms with E-state index in [2.05, 4.69) is 32.2 Å². The van der Waals surface area contributed by atoms with E-state index in [0.29, 0.717) is 43.1 Å². The van der Waals surface area contributed by atoms with Crippen molar-refractivity contribution < 1.29 is 17.9 Å². The highest BCUT2D eigenvalue weighted by Crippen LogP contribution is 2.30. The number of carbonyl (C=O) groups is 1. The van der Waals surface area contributed by atoms with Crippen LogP contribution >= 0.6 is 11.6 Å². The Kier molecular flexibility index (Phi) is 8.43. The zero-order valence-corrected chi connectivity index (χ0v) is 21.1. The Morgan fingerprint density at radius 3 is 2.55 bits per heavy atom. The molecule has 33 heavy (non-hydrogen) atoms. The predicted molar refractivity (Wildman–Crippen MR) is 132 cm³/mol. The number of carbonyl (C=O) groups excluding carboxylic acids is 1. The molecule has 2 aromatic carbocycles. The maximum atomic E-state index is 12.9. The van der Waals surface area contributed by atoms with Crippen LogP contribution < -0.4 is 10.1 Å². The minimum atomic E-state index is -3.51. The number of piperidine rings is 1. The van der Waals surface area contributed by atoms with Crippen molar-refractivity contribution in [2.75, 3.05) is 26.2 Å². The van der Waals surface area contributed by atoms with E-state index in [-0.39, 0.29) is 29.5 Å². The van der Waals surface area contributed by atoms with Gasteiger partial charge >= 0.3 is 0 Å². The molecule has 1 amide bonds. The van der Waals surface area contributed by atoms with E-state index in [4.69, 9.17) is 16.3 Å². The number of halogens is 1. The van der Waals surface area contributed by atoms with Crippen LogP contribution in [0.2, 0.25) is 5.02 Å². The molecule has 1 saturated heterocycles. The lowest BCUT2D eigenvalue weighted by atomic mass is 9.86. The molecule has 6 nitrogen and oxygen atoms in total. The Labute approximate surface area is 202 Å². The van der Waals surface area contributed by atoms with Gasteiger partial charge in [0.2, 0.25) is 15.9 Å². The van der Waals surface area contributed by atoms with Crippen molar-refractivity contribution in [1.29, 1.82) is 0 Å². The average molecular weight is 493 g/mol. The first-order valence-corrected chi connectivity index (χ1v) is 13.3. The van der Waals surface area contributed by atoms with E-state index in [9.17, 15) is 13.2 Å². The summed E-state index contributed by atoms with van der Waals surface area (Å²) < 4.78 is 33.1. The lowest BCUT2D eigenvalue weighted by molar-refractivity contribution is -0.126. The molecule has 0 aliphatic carbocycles. The molecule has 1 aliphatic heterocycles.